The van der Waals surface area contributed by atoms with Crippen molar-refractivity contribution in [1.29, 1.82) is 0 Å². The lowest BCUT2D eigenvalue weighted by molar-refractivity contribution is -0.138. The Hall–Kier alpha value is -6.12. The van der Waals surface area contributed by atoms with Gasteiger partial charge in [-0.2, -0.15) is 0 Å². The number of alkyl carbamates (subject to hydrolysis) is 2. The monoisotopic (exact) mass is 832 g/mol. The van der Waals surface area contributed by atoms with Crippen molar-refractivity contribution in [3.8, 4) is 28.1 Å². The normalized spacial score (nSPS) is 20.9. The number of hydrogen-bond donors (Lipinski definition) is 4. The van der Waals surface area contributed by atoms with Gasteiger partial charge in [0, 0.05) is 23.5 Å². The number of H-pyrrole nitrogens is 2. The number of imidazole rings is 2. The van der Waals surface area contributed by atoms with Crippen molar-refractivity contribution < 1.29 is 33.4 Å². The summed E-state index contributed by atoms with van der Waals surface area (Å²) in [6, 6.07) is 12.6. The van der Waals surface area contributed by atoms with E-state index in [4.69, 9.17) is 24.2 Å². The second kappa shape index (κ2) is 16.1. The number of carbonyl (C=O) groups excluding carboxylic acids is 4. The second-order valence-electron chi connectivity index (χ2n) is 18.3. The van der Waals surface area contributed by atoms with Crippen LogP contribution in [0, 0.1) is 17.3 Å². The molecule has 8 rings (SSSR count). The molecule has 4 amide bonds. The molecule has 3 aromatic carbocycles. The number of fused-ring (bicyclic) bond motifs is 6. The predicted molar refractivity (Wildman–Crippen MR) is 230 cm³/mol. The van der Waals surface area contributed by atoms with Crippen LogP contribution in [-0.4, -0.2) is 92.6 Å². The average molecular weight is 833 g/mol. The standard InChI is InChI=1S/C46H56N8O7/c1-23(2)37(51-44(57)59-8)42(55)54-25(4)10-15-34(54)40-47-20-33(49-40)27-11-13-29-28(17-27)22-61-36-19-30-26(18-31(29)36)12-14-32-38(30)50-41(48-32)35-16-24(3)21-53(35)43(56)39(46(5,6)7)52-45(58)60-9/h11-14,17-20,23-25,34-35,37,39H,10,15-16,21-22H2,1-9H3,(H,47,49)(H,48,50)(H,51,57)(H,52,58)/t24-,25-,34?,35?,37-,39+/m0/s1. The van der Waals surface area contributed by atoms with Gasteiger partial charge in [0.15, 0.2) is 0 Å². The number of carbonyl (C=O) groups is 4. The number of ether oxygens (including phenoxy) is 3. The van der Waals surface area contributed by atoms with E-state index >= 15 is 0 Å². The third-order valence-electron chi connectivity index (χ3n) is 12.6. The minimum atomic E-state index is -0.775. The van der Waals surface area contributed by atoms with Crippen LogP contribution in [0.5, 0.6) is 5.75 Å². The van der Waals surface area contributed by atoms with Crippen molar-refractivity contribution in [2.24, 2.45) is 17.3 Å². The lowest BCUT2D eigenvalue weighted by Gasteiger charge is -2.35. The van der Waals surface area contributed by atoms with E-state index in [9.17, 15) is 19.2 Å². The third kappa shape index (κ3) is 7.74. The summed E-state index contributed by atoms with van der Waals surface area (Å²) in [6.07, 6.45) is 2.85. The van der Waals surface area contributed by atoms with Gasteiger partial charge in [0.1, 0.15) is 36.1 Å². The number of amides is 4. The maximum absolute atomic E-state index is 14.1. The highest BCUT2D eigenvalue weighted by Crippen LogP contribution is 2.44. The van der Waals surface area contributed by atoms with Crippen LogP contribution in [0.15, 0.2) is 48.7 Å². The molecule has 6 atom stereocenters. The second-order valence-corrected chi connectivity index (χ2v) is 18.3. The number of aromatic nitrogens is 4. The lowest BCUT2D eigenvalue weighted by Crippen LogP contribution is -2.54. The summed E-state index contributed by atoms with van der Waals surface area (Å²) in [4.78, 5) is 73.0. The lowest BCUT2D eigenvalue weighted by atomic mass is 9.85. The zero-order valence-corrected chi connectivity index (χ0v) is 36.3. The summed E-state index contributed by atoms with van der Waals surface area (Å²) in [5, 5.41) is 7.46. The Labute approximate surface area is 355 Å². The van der Waals surface area contributed by atoms with Crippen LogP contribution in [-0.2, 0) is 25.7 Å². The molecule has 2 unspecified atom stereocenters. The molecule has 2 saturated heterocycles. The topological polar surface area (TPSA) is 184 Å². The van der Waals surface area contributed by atoms with E-state index < -0.39 is 29.7 Å². The third-order valence-corrected chi connectivity index (χ3v) is 12.6. The van der Waals surface area contributed by atoms with Gasteiger partial charge >= 0.3 is 12.2 Å². The van der Waals surface area contributed by atoms with E-state index in [-0.39, 0.29) is 41.8 Å². The van der Waals surface area contributed by atoms with Crippen molar-refractivity contribution in [1.82, 2.24) is 40.4 Å². The van der Waals surface area contributed by atoms with Gasteiger partial charge in [0.05, 0.1) is 49.2 Å². The summed E-state index contributed by atoms with van der Waals surface area (Å²) in [7, 11) is 2.59. The molecule has 4 N–H and O–H groups in total. The highest BCUT2D eigenvalue weighted by atomic mass is 16.5. The van der Waals surface area contributed by atoms with E-state index in [0.717, 1.165) is 74.8 Å². The Balaban J connectivity index is 1.05. The van der Waals surface area contributed by atoms with Gasteiger partial charge in [-0.3, -0.25) is 9.59 Å². The van der Waals surface area contributed by atoms with Crippen LogP contribution in [0.1, 0.15) is 97.0 Å². The van der Waals surface area contributed by atoms with E-state index in [1.54, 1.807) is 0 Å². The van der Waals surface area contributed by atoms with Gasteiger partial charge in [-0.15, -0.1) is 0 Å². The molecule has 5 heterocycles. The first-order chi connectivity index (χ1) is 29.1. The predicted octanol–water partition coefficient (Wildman–Crippen LogP) is 7.78. The summed E-state index contributed by atoms with van der Waals surface area (Å²) < 4.78 is 16.1. The molecule has 3 aliphatic rings. The highest BCUT2D eigenvalue weighted by Gasteiger charge is 2.44. The van der Waals surface area contributed by atoms with Crippen LogP contribution in [0.4, 0.5) is 9.59 Å². The highest BCUT2D eigenvalue weighted by molar-refractivity contribution is 6.07. The molecule has 5 aromatic rings. The number of nitrogens with zero attached hydrogens (tertiary/aromatic N) is 4. The molecular formula is C46H56N8O7. The molecule has 2 aromatic heterocycles. The van der Waals surface area contributed by atoms with Gasteiger partial charge in [-0.1, -0.05) is 59.7 Å². The molecule has 322 valence electrons. The number of aromatic amines is 2. The number of likely N-dealkylation sites (tertiary alicyclic amines) is 2. The fourth-order valence-corrected chi connectivity index (χ4v) is 9.31. The summed E-state index contributed by atoms with van der Waals surface area (Å²) >= 11 is 0. The van der Waals surface area contributed by atoms with E-state index in [0.29, 0.717) is 24.8 Å². The smallest absolute Gasteiger partial charge is 0.407 e. The van der Waals surface area contributed by atoms with Gasteiger partial charge < -0.3 is 44.6 Å². The van der Waals surface area contributed by atoms with Crippen molar-refractivity contribution >= 4 is 45.8 Å². The number of rotatable bonds is 8. The Morgan fingerprint density at radius 3 is 2.36 bits per heavy atom. The van der Waals surface area contributed by atoms with Crippen molar-refractivity contribution in [3.05, 3.63) is 65.9 Å². The zero-order chi connectivity index (χ0) is 43.5. The van der Waals surface area contributed by atoms with Gasteiger partial charge in [0.2, 0.25) is 11.8 Å². The van der Waals surface area contributed by atoms with Crippen molar-refractivity contribution in [2.75, 3.05) is 20.8 Å². The van der Waals surface area contributed by atoms with E-state index in [1.165, 1.54) is 14.2 Å². The Bertz CT molecular complexity index is 2520. The van der Waals surface area contributed by atoms with E-state index in [1.807, 2.05) is 63.6 Å². The minimum Gasteiger partial charge on any atom is -0.488 e. The van der Waals surface area contributed by atoms with Crippen LogP contribution in [0.3, 0.4) is 0 Å². The van der Waals surface area contributed by atoms with Crippen LogP contribution in [0.2, 0.25) is 0 Å². The Morgan fingerprint density at radius 2 is 1.64 bits per heavy atom. The Kier molecular flexibility index (Phi) is 10.9. The number of nitrogens with one attached hydrogen (secondary N) is 4. The molecule has 61 heavy (non-hydrogen) atoms. The summed E-state index contributed by atoms with van der Waals surface area (Å²) in [5.74, 6) is 1.98. The molecule has 0 saturated carbocycles. The summed E-state index contributed by atoms with van der Waals surface area (Å²) in [5.41, 5.74) is 6.03. The first kappa shape index (κ1) is 41.6. The van der Waals surface area contributed by atoms with Gasteiger partial charge in [-0.05, 0) is 89.8 Å². The minimum absolute atomic E-state index is 0.0169. The average Bonchev–Trinajstić information content (AvgIpc) is 4.05. The van der Waals surface area contributed by atoms with Crippen LogP contribution < -0.4 is 15.4 Å². The molecule has 15 nitrogen and oxygen atoms in total. The quantitative estimate of drug-likeness (QED) is 0.121. The number of benzene rings is 3. The van der Waals surface area contributed by atoms with Gasteiger partial charge in [0.25, 0.3) is 0 Å². The van der Waals surface area contributed by atoms with Crippen LogP contribution >= 0.6 is 0 Å². The maximum atomic E-state index is 14.1. The number of hydrogen-bond acceptors (Lipinski definition) is 9. The maximum Gasteiger partial charge on any atom is 0.407 e. The molecule has 0 bridgehead atoms. The molecule has 0 spiro atoms. The largest absolute Gasteiger partial charge is 0.488 e. The molecule has 15 heteroatoms. The molecule has 0 radical (unpaired) electrons. The summed E-state index contributed by atoms with van der Waals surface area (Å²) in [6.45, 7) is 14.7. The van der Waals surface area contributed by atoms with E-state index in [2.05, 4.69) is 63.9 Å². The van der Waals surface area contributed by atoms with Crippen LogP contribution in [0.25, 0.3) is 44.2 Å². The molecule has 2 fully saturated rings. The SMILES string of the molecule is COC(=O)N[C@H](C(=O)N1C(c2ncc(-c3ccc4c(c3)COc3cc5c(ccc6[nH]c(C7C[C@H](C)CN7C(=O)[C@@H](NC(=O)OC)C(C)(C)C)nc65)cc3-4)[nH]2)CC[C@@H]1C)C(C)C. The zero-order valence-electron chi connectivity index (χ0n) is 36.3. The molecular weight excluding hydrogens is 777 g/mol. The number of methoxy groups -OCH3 is 2. The molecule has 3 aliphatic heterocycles. The Morgan fingerprint density at radius 1 is 0.885 bits per heavy atom. The fraction of sp³-hybridized carbons (Fsp3) is 0.478. The van der Waals surface area contributed by atoms with Crippen molar-refractivity contribution in [3.63, 3.8) is 0 Å². The fourth-order valence-electron chi connectivity index (χ4n) is 9.31. The first-order valence-corrected chi connectivity index (χ1v) is 21.2. The van der Waals surface area contributed by atoms with Crippen molar-refractivity contribution in [2.45, 2.75) is 105 Å². The van der Waals surface area contributed by atoms with Gasteiger partial charge in [-0.25, -0.2) is 19.6 Å². The molecule has 0 aliphatic carbocycles. The first-order valence-electron chi connectivity index (χ1n) is 21.2.